The summed E-state index contributed by atoms with van der Waals surface area (Å²) in [6, 6.07) is 81.0. The highest BCUT2D eigenvalue weighted by Gasteiger charge is 2.27. The molecule has 2 aliphatic rings. The lowest BCUT2D eigenvalue weighted by Crippen LogP contribution is -2.14. The van der Waals surface area contributed by atoms with Crippen molar-refractivity contribution in [2.24, 2.45) is 0 Å². The number of anilines is 6. The Balaban J connectivity index is 1.03. The van der Waals surface area contributed by atoms with E-state index in [1.54, 1.807) is 23.5 Å². The van der Waals surface area contributed by atoms with Crippen LogP contribution in [0.2, 0.25) is 0 Å². The molecule has 6 heteroatoms. The number of para-hydroxylation sites is 4. The molecule has 13 rings (SSSR count). The molecular formula is C61H38N2O2S2. The third-order valence-electron chi connectivity index (χ3n) is 12.9. The van der Waals surface area contributed by atoms with Gasteiger partial charge in [0.15, 0.2) is 0 Å². The van der Waals surface area contributed by atoms with Crippen LogP contribution in [0.4, 0.5) is 34.1 Å². The van der Waals surface area contributed by atoms with Gasteiger partial charge in [0.2, 0.25) is 5.43 Å². The maximum absolute atomic E-state index is 14.7. The standard InChI is InChI=1S/C61H38N2O2S2/c64-61-49-35-33-39(62-51-25-9-1-17-41(51)45-21-5-13-29-57(45)66-58-30-14-6-22-46(58)42-18-2-10-26-52(42)62)37-55(49)65-56-38-40(34-36-50(56)61)63-53-27-11-3-19-43(53)47-23-7-15-31-59(47)67-60-32-16-8-24-48(60)44-20-4-12-28-54(44)63/h1-38H. The van der Waals surface area contributed by atoms with Crippen LogP contribution in [0, 0.1) is 0 Å². The Morgan fingerprint density at radius 1 is 0.299 bits per heavy atom. The lowest BCUT2D eigenvalue weighted by molar-refractivity contribution is 0.660. The van der Waals surface area contributed by atoms with Gasteiger partial charge in [0.1, 0.15) is 11.2 Å². The fraction of sp³-hybridized carbons (Fsp3) is 0. The third kappa shape index (κ3) is 6.59. The number of fused-ring (bicyclic) bond motifs is 14. The number of hydrogen-bond donors (Lipinski definition) is 0. The van der Waals surface area contributed by atoms with E-state index >= 15 is 0 Å². The predicted octanol–water partition coefficient (Wildman–Crippen LogP) is 17.5. The van der Waals surface area contributed by atoms with Crippen LogP contribution >= 0.6 is 23.5 Å². The molecule has 0 bridgehead atoms. The quantitative estimate of drug-likeness (QED) is 0.161. The number of benzene rings is 10. The van der Waals surface area contributed by atoms with Crippen molar-refractivity contribution in [1.29, 1.82) is 0 Å². The summed E-state index contributed by atoms with van der Waals surface area (Å²) in [5.74, 6) is 0. The number of rotatable bonds is 2. The molecule has 0 atom stereocenters. The van der Waals surface area contributed by atoms with Crippen molar-refractivity contribution >= 4 is 79.6 Å². The van der Waals surface area contributed by atoms with Crippen LogP contribution in [-0.2, 0) is 0 Å². The Kier molecular flexibility index (Phi) is 9.48. The maximum Gasteiger partial charge on any atom is 0.200 e. The molecule has 316 valence electrons. The van der Waals surface area contributed by atoms with E-state index in [9.17, 15) is 4.79 Å². The molecule has 0 saturated carbocycles. The molecule has 2 aliphatic heterocycles. The minimum Gasteiger partial charge on any atom is -0.456 e. The summed E-state index contributed by atoms with van der Waals surface area (Å²) in [6.45, 7) is 0. The molecule has 0 aliphatic carbocycles. The van der Waals surface area contributed by atoms with Gasteiger partial charge < -0.3 is 14.2 Å². The molecule has 11 aromatic rings. The van der Waals surface area contributed by atoms with Gasteiger partial charge in [0.05, 0.1) is 33.5 Å². The minimum atomic E-state index is -0.0717. The van der Waals surface area contributed by atoms with Crippen molar-refractivity contribution in [2.75, 3.05) is 9.80 Å². The summed E-state index contributed by atoms with van der Waals surface area (Å²) >= 11 is 3.60. The highest BCUT2D eigenvalue weighted by molar-refractivity contribution is 8.00. The van der Waals surface area contributed by atoms with Crippen molar-refractivity contribution in [2.45, 2.75) is 19.6 Å². The second-order valence-electron chi connectivity index (χ2n) is 16.7. The monoisotopic (exact) mass is 894 g/mol. The first-order valence-corrected chi connectivity index (χ1v) is 24.0. The van der Waals surface area contributed by atoms with E-state index in [0.29, 0.717) is 21.9 Å². The van der Waals surface area contributed by atoms with E-state index in [1.807, 2.05) is 24.3 Å². The van der Waals surface area contributed by atoms with Gasteiger partial charge in [-0.25, -0.2) is 0 Å². The van der Waals surface area contributed by atoms with Crippen molar-refractivity contribution in [3.8, 4) is 44.5 Å². The second-order valence-corrected chi connectivity index (χ2v) is 18.9. The van der Waals surface area contributed by atoms with Crippen molar-refractivity contribution in [1.82, 2.24) is 0 Å². The molecule has 0 spiro atoms. The smallest absolute Gasteiger partial charge is 0.200 e. The average Bonchev–Trinajstić information content (AvgIpc) is 3.38. The first-order valence-electron chi connectivity index (χ1n) is 22.4. The SMILES string of the molecule is O=c1c2ccc(N3c4ccccc4-c4ccccc4Sc4ccccc4-c4ccccc43)cc2oc2cc(N3c4ccccc4-c4ccccc4Sc4ccccc4-c4ccccc43)ccc12. The van der Waals surface area contributed by atoms with Crippen LogP contribution in [0.15, 0.2) is 259 Å². The van der Waals surface area contributed by atoms with E-state index in [2.05, 4.69) is 216 Å². The van der Waals surface area contributed by atoms with Gasteiger partial charge in [0.25, 0.3) is 0 Å². The molecule has 0 saturated heterocycles. The lowest BCUT2D eigenvalue weighted by Gasteiger charge is -2.31. The normalized spacial score (nSPS) is 12.7. The van der Waals surface area contributed by atoms with E-state index in [0.717, 1.165) is 78.6 Å². The van der Waals surface area contributed by atoms with Gasteiger partial charge in [-0.2, -0.15) is 0 Å². The topological polar surface area (TPSA) is 36.7 Å². The number of hydrogen-bond acceptors (Lipinski definition) is 6. The van der Waals surface area contributed by atoms with Crippen LogP contribution in [0.1, 0.15) is 0 Å². The lowest BCUT2D eigenvalue weighted by atomic mass is 9.98. The average molecular weight is 895 g/mol. The number of nitrogens with zero attached hydrogens (tertiary/aromatic N) is 2. The van der Waals surface area contributed by atoms with Crippen LogP contribution in [-0.4, -0.2) is 0 Å². The Labute approximate surface area is 396 Å². The first-order chi connectivity index (χ1) is 33.2. The summed E-state index contributed by atoms with van der Waals surface area (Å²) in [5, 5.41) is 1.05. The molecule has 0 N–H and O–H groups in total. The highest BCUT2D eigenvalue weighted by atomic mass is 32.2. The molecule has 0 fully saturated rings. The zero-order valence-electron chi connectivity index (χ0n) is 36.0. The summed E-state index contributed by atoms with van der Waals surface area (Å²) in [5.41, 5.74) is 15.8. The van der Waals surface area contributed by atoms with Crippen LogP contribution in [0.25, 0.3) is 66.4 Å². The Hall–Kier alpha value is -8.03. The van der Waals surface area contributed by atoms with Crippen molar-refractivity contribution in [3.05, 3.63) is 241 Å². The van der Waals surface area contributed by atoms with E-state index < -0.39 is 0 Å². The molecule has 0 amide bonds. The first kappa shape index (κ1) is 39.3. The van der Waals surface area contributed by atoms with Crippen LogP contribution in [0.3, 0.4) is 0 Å². The Morgan fingerprint density at radius 2 is 0.567 bits per heavy atom. The van der Waals surface area contributed by atoms with E-state index in [-0.39, 0.29) is 5.43 Å². The largest absolute Gasteiger partial charge is 0.456 e. The Morgan fingerprint density at radius 3 is 0.881 bits per heavy atom. The van der Waals surface area contributed by atoms with Gasteiger partial charge in [-0.1, -0.05) is 169 Å². The van der Waals surface area contributed by atoms with Crippen molar-refractivity contribution < 1.29 is 4.42 Å². The summed E-state index contributed by atoms with van der Waals surface area (Å²) < 4.78 is 7.01. The van der Waals surface area contributed by atoms with Gasteiger partial charge in [-0.05, 0) is 95.1 Å². The fourth-order valence-electron chi connectivity index (χ4n) is 9.86. The van der Waals surface area contributed by atoms with E-state index in [4.69, 9.17) is 4.42 Å². The molecule has 0 radical (unpaired) electrons. The van der Waals surface area contributed by atoms with Gasteiger partial charge in [-0.3, -0.25) is 4.79 Å². The molecule has 3 heterocycles. The fourth-order valence-corrected chi connectivity index (χ4v) is 12.1. The second kappa shape index (κ2) is 16.1. The van der Waals surface area contributed by atoms with Crippen LogP contribution in [0.5, 0.6) is 0 Å². The summed E-state index contributed by atoms with van der Waals surface area (Å²) in [6.07, 6.45) is 0. The van der Waals surface area contributed by atoms with Crippen LogP contribution < -0.4 is 15.2 Å². The zero-order chi connectivity index (χ0) is 44.4. The maximum atomic E-state index is 14.7. The predicted molar refractivity (Wildman–Crippen MR) is 279 cm³/mol. The highest BCUT2D eigenvalue weighted by Crippen LogP contribution is 2.53. The van der Waals surface area contributed by atoms with E-state index in [1.165, 1.54) is 19.6 Å². The molecule has 4 nitrogen and oxygen atoms in total. The molecule has 10 aromatic carbocycles. The van der Waals surface area contributed by atoms with Crippen molar-refractivity contribution in [3.63, 3.8) is 0 Å². The molecular weight excluding hydrogens is 857 g/mol. The minimum absolute atomic E-state index is 0.0717. The summed E-state index contributed by atoms with van der Waals surface area (Å²) in [4.78, 5) is 24.0. The third-order valence-corrected chi connectivity index (χ3v) is 15.2. The zero-order valence-corrected chi connectivity index (χ0v) is 37.6. The summed E-state index contributed by atoms with van der Waals surface area (Å²) in [7, 11) is 0. The van der Waals surface area contributed by atoms with Gasteiger partial charge in [-0.15, -0.1) is 0 Å². The molecule has 67 heavy (non-hydrogen) atoms. The van der Waals surface area contributed by atoms with Gasteiger partial charge >= 0.3 is 0 Å². The molecule has 0 unspecified atom stereocenters. The van der Waals surface area contributed by atoms with Gasteiger partial charge in [0, 0.05) is 65.3 Å². The molecule has 1 aromatic heterocycles. The Bertz CT molecular complexity index is 3420.